The number of thioether (sulfide) groups is 1. The van der Waals surface area contributed by atoms with Gasteiger partial charge in [-0.05, 0) is 54.7 Å². The van der Waals surface area contributed by atoms with Crippen molar-refractivity contribution >= 4 is 22.7 Å². The van der Waals surface area contributed by atoms with Crippen molar-refractivity contribution < 1.29 is 0 Å². The summed E-state index contributed by atoms with van der Waals surface area (Å²) in [4.78, 5) is 18.0. The van der Waals surface area contributed by atoms with Crippen LogP contribution >= 0.6 is 11.8 Å². The molecule has 0 bridgehead atoms. The first kappa shape index (κ1) is 19.5. The third kappa shape index (κ3) is 4.43. The highest BCUT2D eigenvalue weighted by molar-refractivity contribution is 7.98. The van der Waals surface area contributed by atoms with Gasteiger partial charge >= 0.3 is 0 Å². The second kappa shape index (κ2) is 8.66. The van der Waals surface area contributed by atoms with Crippen molar-refractivity contribution in [1.29, 1.82) is 0 Å². The molecule has 0 N–H and O–H groups in total. The van der Waals surface area contributed by atoms with E-state index in [2.05, 4.69) is 44.2 Å². The van der Waals surface area contributed by atoms with Gasteiger partial charge in [-0.2, -0.15) is 0 Å². The van der Waals surface area contributed by atoms with Crippen LogP contribution in [0.15, 0.2) is 82.7 Å². The second-order valence-electron chi connectivity index (χ2n) is 7.31. The van der Waals surface area contributed by atoms with Crippen LogP contribution in [0.1, 0.15) is 22.3 Å². The standard InChI is InChI=1S/C25H24N2OS/c1-18-12-13-21(16-19(18)2)17-29-25-26-23-11-7-6-10-22(23)24(28)27(25)15-14-20-8-4-3-5-9-20/h3-13,16H,14-15,17H2,1-2H3. The lowest BCUT2D eigenvalue weighted by Gasteiger charge is -2.13. The Labute approximate surface area is 175 Å². The average Bonchev–Trinajstić information content (AvgIpc) is 2.75. The number of aryl methyl sites for hydroxylation is 3. The van der Waals surface area contributed by atoms with Gasteiger partial charge in [0, 0.05) is 12.3 Å². The highest BCUT2D eigenvalue weighted by Gasteiger charge is 2.12. The van der Waals surface area contributed by atoms with Crippen LogP contribution in [0.25, 0.3) is 10.9 Å². The van der Waals surface area contributed by atoms with E-state index in [0.29, 0.717) is 11.9 Å². The fraction of sp³-hybridized carbons (Fsp3) is 0.200. The molecule has 1 aromatic heterocycles. The number of benzene rings is 3. The highest BCUT2D eigenvalue weighted by atomic mass is 32.2. The molecular weight excluding hydrogens is 376 g/mol. The first-order chi connectivity index (χ1) is 14.1. The molecule has 0 unspecified atom stereocenters. The Kier molecular flexibility index (Phi) is 5.81. The summed E-state index contributed by atoms with van der Waals surface area (Å²) in [6.45, 7) is 4.88. The Balaban J connectivity index is 1.66. The van der Waals surface area contributed by atoms with Crippen molar-refractivity contribution in [3.8, 4) is 0 Å². The number of nitrogens with zero attached hydrogens (tertiary/aromatic N) is 2. The average molecular weight is 401 g/mol. The zero-order chi connectivity index (χ0) is 20.2. The van der Waals surface area contributed by atoms with Gasteiger partial charge in [0.05, 0.1) is 10.9 Å². The predicted molar refractivity (Wildman–Crippen MR) is 122 cm³/mol. The summed E-state index contributed by atoms with van der Waals surface area (Å²) in [5.74, 6) is 0.789. The SMILES string of the molecule is Cc1ccc(CSc2nc3ccccc3c(=O)n2CCc2ccccc2)cc1C. The molecule has 1 heterocycles. The smallest absolute Gasteiger partial charge is 0.262 e. The summed E-state index contributed by atoms with van der Waals surface area (Å²) in [6.07, 6.45) is 0.804. The topological polar surface area (TPSA) is 34.9 Å². The maximum absolute atomic E-state index is 13.2. The quantitative estimate of drug-likeness (QED) is 0.314. The molecule has 0 amide bonds. The van der Waals surface area contributed by atoms with Crippen molar-refractivity contribution in [3.05, 3.63) is 105 Å². The highest BCUT2D eigenvalue weighted by Crippen LogP contribution is 2.23. The van der Waals surface area contributed by atoms with Gasteiger partial charge in [-0.1, -0.05) is 72.4 Å². The van der Waals surface area contributed by atoms with Gasteiger partial charge in [0.15, 0.2) is 5.16 Å². The molecule has 29 heavy (non-hydrogen) atoms. The van der Waals surface area contributed by atoms with Crippen molar-refractivity contribution in [3.63, 3.8) is 0 Å². The Bertz CT molecular complexity index is 1200. The lowest BCUT2D eigenvalue weighted by Crippen LogP contribution is -2.24. The van der Waals surface area contributed by atoms with E-state index < -0.39 is 0 Å². The molecular formula is C25H24N2OS. The number of fused-ring (bicyclic) bond motifs is 1. The molecule has 0 radical (unpaired) electrons. The van der Waals surface area contributed by atoms with E-state index in [0.717, 1.165) is 22.8 Å². The Morgan fingerprint density at radius 3 is 2.41 bits per heavy atom. The van der Waals surface area contributed by atoms with Crippen molar-refractivity contribution in [2.45, 2.75) is 37.7 Å². The molecule has 0 fully saturated rings. The molecule has 4 rings (SSSR count). The molecule has 0 saturated heterocycles. The van der Waals surface area contributed by atoms with E-state index in [9.17, 15) is 4.79 Å². The molecule has 4 aromatic rings. The van der Waals surface area contributed by atoms with Crippen LogP contribution in [0.5, 0.6) is 0 Å². The van der Waals surface area contributed by atoms with Gasteiger partial charge in [-0.25, -0.2) is 4.98 Å². The van der Waals surface area contributed by atoms with Crippen LogP contribution in [0, 0.1) is 13.8 Å². The van der Waals surface area contributed by atoms with Crippen LogP contribution in [-0.4, -0.2) is 9.55 Å². The lowest BCUT2D eigenvalue weighted by atomic mass is 10.1. The molecule has 0 saturated carbocycles. The van der Waals surface area contributed by atoms with Gasteiger partial charge < -0.3 is 0 Å². The molecule has 3 nitrogen and oxygen atoms in total. The zero-order valence-electron chi connectivity index (χ0n) is 16.8. The molecule has 0 spiro atoms. The van der Waals surface area contributed by atoms with Crippen LogP contribution in [0.2, 0.25) is 0 Å². The number of hydrogen-bond acceptors (Lipinski definition) is 3. The minimum absolute atomic E-state index is 0.0362. The van der Waals surface area contributed by atoms with Crippen LogP contribution in [-0.2, 0) is 18.7 Å². The molecule has 3 aromatic carbocycles. The minimum atomic E-state index is 0.0362. The predicted octanol–water partition coefficient (Wildman–Crippen LogP) is 5.55. The summed E-state index contributed by atoms with van der Waals surface area (Å²) in [6, 6.07) is 24.4. The molecule has 146 valence electrons. The third-order valence-corrected chi connectivity index (χ3v) is 6.28. The van der Waals surface area contributed by atoms with Gasteiger partial charge in [-0.3, -0.25) is 9.36 Å². The maximum Gasteiger partial charge on any atom is 0.262 e. The summed E-state index contributed by atoms with van der Waals surface area (Å²) >= 11 is 1.63. The first-order valence-corrected chi connectivity index (χ1v) is 10.8. The number of hydrogen-bond donors (Lipinski definition) is 0. The minimum Gasteiger partial charge on any atom is -0.287 e. The van der Waals surface area contributed by atoms with Gasteiger partial charge in [0.1, 0.15) is 0 Å². The largest absolute Gasteiger partial charge is 0.287 e. The summed E-state index contributed by atoms with van der Waals surface area (Å²) in [5.41, 5.74) is 5.84. The van der Waals surface area contributed by atoms with Gasteiger partial charge in [0.2, 0.25) is 0 Å². The van der Waals surface area contributed by atoms with Crippen molar-refractivity contribution in [2.75, 3.05) is 0 Å². The fourth-order valence-corrected chi connectivity index (χ4v) is 4.35. The van der Waals surface area contributed by atoms with Gasteiger partial charge in [-0.15, -0.1) is 0 Å². The molecule has 0 aliphatic rings. The second-order valence-corrected chi connectivity index (χ2v) is 8.25. The maximum atomic E-state index is 13.2. The fourth-order valence-electron chi connectivity index (χ4n) is 3.38. The number of para-hydroxylation sites is 1. The Hall–Kier alpha value is -2.85. The van der Waals surface area contributed by atoms with E-state index in [1.807, 2.05) is 47.0 Å². The zero-order valence-corrected chi connectivity index (χ0v) is 17.6. The van der Waals surface area contributed by atoms with E-state index in [-0.39, 0.29) is 5.56 Å². The van der Waals surface area contributed by atoms with Crippen molar-refractivity contribution in [2.24, 2.45) is 0 Å². The normalized spacial score (nSPS) is 11.1. The van der Waals surface area contributed by atoms with E-state index in [4.69, 9.17) is 4.98 Å². The summed E-state index contributed by atoms with van der Waals surface area (Å²) in [5, 5.41) is 1.46. The molecule has 4 heteroatoms. The summed E-state index contributed by atoms with van der Waals surface area (Å²) in [7, 11) is 0. The molecule has 0 aliphatic heterocycles. The number of rotatable bonds is 6. The van der Waals surface area contributed by atoms with Gasteiger partial charge in [0.25, 0.3) is 5.56 Å². The van der Waals surface area contributed by atoms with Crippen LogP contribution in [0.3, 0.4) is 0 Å². The molecule has 0 atom stereocenters. The van der Waals surface area contributed by atoms with E-state index in [1.54, 1.807) is 11.8 Å². The van der Waals surface area contributed by atoms with E-state index in [1.165, 1.54) is 22.3 Å². The Morgan fingerprint density at radius 1 is 0.862 bits per heavy atom. The monoisotopic (exact) mass is 400 g/mol. The van der Waals surface area contributed by atoms with E-state index >= 15 is 0 Å². The Morgan fingerprint density at radius 2 is 1.62 bits per heavy atom. The van der Waals surface area contributed by atoms with Crippen LogP contribution < -0.4 is 5.56 Å². The summed E-state index contributed by atoms with van der Waals surface area (Å²) < 4.78 is 1.83. The van der Waals surface area contributed by atoms with Crippen molar-refractivity contribution in [1.82, 2.24) is 9.55 Å². The lowest BCUT2D eigenvalue weighted by molar-refractivity contribution is 0.595. The first-order valence-electron chi connectivity index (χ1n) is 9.84. The molecule has 0 aliphatic carbocycles. The third-order valence-electron chi connectivity index (χ3n) is 5.23. The number of aromatic nitrogens is 2. The van der Waals surface area contributed by atoms with Crippen LogP contribution in [0.4, 0.5) is 0 Å².